The lowest BCUT2D eigenvalue weighted by Gasteiger charge is -2.22. The maximum absolute atomic E-state index is 12.7. The van der Waals surface area contributed by atoms with Gasteiger partial charge in [0.1, 0.15) is 17.3 Å². The average Bonchev–Trinajstić information content (AvgIpc) is 3.23. The lowest BCUT2D eigenvalue weighted by atomic mass is 9.95. The van der Waals surface area contributed by atoms with Crippen molar-refractivity contribution < 1.29 is 4.79 Å². The summed E-state index contributed by atoms with van der Waals surface area (Å²) in [6, 6.07) is 15.7. The first kappa shape index (κ1) is 19.6. The van der Waals surface area contributed by atoms with E-state index in [1.165, 1.54) is 6.42 Å². The van der Waals surface area contributed by atoms with Gasteiger partial charge in [-0.1, -0.05) is 37.5 Å². The fourth-order valence-corrected chi connectivity index (χ4v) is 3.75. The number of benzene rings is 1. The predicted octanol–water partition coefficient (Wildman–Crippen LogP) is 4.29. The molecule has 0 unspecified atom stereocenters. The SMILES string of the molecule is N#C/C(=C/c1cn(-c2ccccc2)nc1-c1ccncc1)C(=O)NC1CCCCC1. The standard InChI is InChI=1S/C24H23N5O/c25-16-19(24(30)27-21-7-3-1-4-8-21)15-20-17-29(22-9-5-2-6-10-22)28-23(20)18-11-13-26-14-12-18/h2,5-6,9-15,17,21H,1,3-4,7-8H2,(H,27,30)/b19-15-. The number of carbonyl (C=O) groups is 1. The molecule has 6 heteroatoms. The number of hydrogen-bond donors (Lipinski definition) is 1. The van der Waals surface area contributed by atoms with E-state index in [1.54, 1.807) is 23.2 Å². The number of nitrogens with zero attached hydrogens (tertiary/aromatic N) is 4. The minimum absolute atomic E-state index is 0.0866. The highest BCUT2D eigenvalue weighted by Crippen LogP contribution is 2.25. The molecule has 1 saturated carbocycles. The van der Waals surface area contributed by atoms with Gasteiger partial charge in [-0.05, 0) is 43.2 Å². The van der Waals surface area contributed by atoms with Crippen molar-refractivity contribution in [3.63, 3.8) is 0 Å². The van der Waals surface area contributed by atoms with Crippen molar-refractivity contribution in [2.75, 3.05) is 0 Å². The van der Waals surface area contributed by atoms with Crippen LogP contribution in [0.3, 0.4) is 0 Å². The smallest absolute Gasteiger partial charge is 0.262 e. The molecule has 6 nitrogen and oxygen atoms in total. The summed E-state index contributed by atoms with van der Waals surface area (Å²) < 4.78 is 1.76. The number of nitrogens with one attached hydrogen (secondary N) is 1. The lowest BCUT2D eigenvalue weighted by Crippen LogP contribution is -2.36. The summed E-state index contributed by atoms with van der Waals surface area (Å²) in [6.07, 6.45) is 12.3. The highest BCUT2D eigenvalue weighted by molar-refractivity contribution is 6.02. The molecule has 150 valence electrons. The maximum Gasteiger partial charge on any atom is 0.262 e. The first-order valence-electron chi connectivity index (χ1n) is 10.2. The molecule has 1 aliphatic carbocycles. The van der Waals surface area contributed by atoms with Gasteiger partial charge < -0.3 is 5.32 Å². The van der Waals surface area contributed by atoms with Crippen LogP contribution in [0, 0.1) is 11.3 Å². The van der Waals surface area contributed by atoms with Crippen LogP contribution in [0.4, 0.5) is 0 Å². The molecule has 3 aromatic rings. The average molecular weight is 397 g/mol. The molecular weight excluding hydrogens is 374 g/mol. The van der Waals surface area contributed by atoms with Gasteiger partial charge in [0.25, 0.3) is 5.91 Å². The van der Waals surface area contributed by atoms with E-state index in [9.17, 15) is 10.1 Å². The zero-order valence-corrected chi connectivity index (χ0v) is 16.7. The lowest BCUT2D eigenvalue weighted by molar-refractivity contribution is -0.117. The summed E-state index contributed by atoms with van der Waals surface area (Å²) in [5.41, 5.74) is 3.26. The van der Waals surface area contributed by atoms with Crippen molar-refractivity contribution in [2.24, 2.45) is 0 Å². The number of aromatic nitrogens is 3. The van der Waals surface area contributed by atoms with E-state index < -0.39 is 0 Å². The number of carbonyl (C=O) groups excluding carboxylic acids is 1. The Morgan fingerprint density at radius 3 is 2.53 bits per heavy atom. The second kappa shape index (κ2) is 9.19. The molecule has 0 atom stereocenters. The highest BCUT2D eigenvalue weighted by Gasteiger charge is 2.19. The minimum atomic E-state index is -0.322. The molecule has 30 heavy (non-hydrogen) atoms. The summed E-state index contributed by atoms with van der Waals surface area (Å²) in [7, 11) is 0. The van der Waals surface area contributed by atoms with Crippen LogP contribution in [0.25, 0.3) is 23.0 Å². The van der Waals surface area contributed by atoms with Crippen LogP contribution in [0.1, 0.15) is 37.7 Å². The Morgan fingerprint density at radius 2 is 1.83 bits per heavy atom. The van der Waals surface area contributed by atoms with Crippen LogP contribution in [-0.2, 0) is 4.79 Å². The molecular formula is C24H23N5O. The Balaban J connectivity index is 1.69. The molecule has 0 radical (unpaired) electrons. The predicted molar refractivity (Wildman–Crippen MR) is 115 cm³/mol. The van der Waals surface area contributed by atoms with E-state index in [1.807, 2.05) is 48.7 Å². The number of rotatable bonds is 5. The quantitative estimate of drug-likeness (QED) is 0.514. The van der Waals surface area contributed by atoms with Gasteiger partial charge in [-0.2, -0.15) is 10.4 Å². The Kier molecular flexibility index (Phi) is 6.00. The van der Waals surface area contributed by atoms with Crippen molar-refractivity contribution in [3.05, 3.63) is 72.2 Å². The van der Waals surface area contributed by atoms with Gasteiger partial charge in [0.2, 0.25) is 0 Å². The molecule has 0 spiro atoms. The second-order valence-corrected chi connectivity index (χ2v) is 7.43. The Hall–Kier alpha value is -3.72. The van der Waals surface area contributed by atoms with Crippen LogP contribution in [0.5, 0.6) is 0 Å². The zero-order chi connectivity index (χ0) is 20.8. The Labute approximate surface area is 175 Å². The first-order chi connectivity index (χ1) is 14.7. The first-order valence-corrected chi connectivity index (χ1v) is 10.2. The third-order valence-electron chi connectivity index (χ3n) is 5.32. The van der Waals surface area contributed by atoms with E-state index in [-0.39, 0.29) is 17.5 Å². The number of hydrogen-bond acceptors (Lipinski definition) is 4. The fraction of sp³-hybridized carbons (Fsp3) is 0.250. The number of amides is 1. The highest BCUT2D eigenvalue weighted by atomic mass is 16.1. The Morgan fingerprint density at radius 1 is 1.10 bits per heavy atom. The molecule has 0 aliphatic heterocycles. The van der Waals surface area contributed by atoms with Gasteiger partial charge in [0, 0.05) is 35.8 Å². The van der Waals surface area contributed by atoms with Crippen LogP contribution in [-0.4, -0.2) is 26.7 Å². The minimum Gasteiger partial charge on any atom is -0.349 e. The van der Waals surface area contributed by atoms with Gasteiger partial charge in [-0.3, -0.25) is 9.78 Å². The molecule has 4 rings (SSSR count). The Bertz CT molecular complexity index is 1070. The molecule has 1 N–H and O–H groups in total. The maximum atomic E-state index is 12.7. The zero-order valence-electron chi connectivity index (χ0n) is 16.7. The van der Waals surface area contributed by atoms with E-state index in [4.69, 9.17) is 5.10 Å². The van der Waals surface area contributed by atoms with Gasteiger partial charge in [0.05, 0.1) is 5.69 Å². The van der Waals surface area contributed by atoms with Crippen molar-refractivity contribution >= 4 is 12.0 Å². The molecule has 1 amide bonds. The number of para-hydroxylation sites is 1. The van der Waals surface area contributed by atoms with E-state index >= 15 is 0 Å². The van der Waals surface area contributed by atoms with Gasteiger partial charge in [-0.25, -0.2) is 4.68 Å². The van der Waals surface area contributed by atoms with E-state index in [0.717, 1.165) is 36.9 Å². The van der Waals surface area contributed by atoms with Crippen molar-refractivity contribution in [1.29, 1.82) is 5.26 Å². The summed E-state index contributed by atoms with van der Waals surface area (Å²) in [4.78, 5) is 16.8. The molecule has 0 bridgehead atoms. The van der Waals surface area contributed by atoms with Crippen LogP contribution < -0.4 is 5.32 Å². The largest absolute Gasteiger partial charge is 0.349 e. The van der Waals surface area contributed by atoms with Crippen LogP contribution in [0.15, 0.2) is 66.6 Å². The van der Waals surface area contributed by atoms with Crippen LogP contribution in [0.2, 0.25) is 0 Å². The molecule has 1 aromatic carbocycles. The molecule has 1 aliphatic rings. The van der Waals surface area contributed by atoms with Crippen molar-refractivity contribution in [1.82, 2.24) is 20.1 Å². The van der Waals surface area contributed by atoms with Gasteiger partial charge in [-0.15, -0.1) is 0 Å². The summed E-state index contributed by atoms with van der Waals surface area (Å²) in [6.45, 7) is 0. The number of pyridine rings is 1. The van der Waals surface area contributed by atoms with Crippen molar-refractivity contribution in [3.8, 4) is 23.0 Å². The van der Waals surface area contributed by atoms with Gasteiger partial charge in [0.15, 0.2) is 0 Å². The third kappa shape index (κ3) is 4.47. The number of nitriles is 1. The monoisotopic (exact) mass is 397 g/mol. The summed E-state index contributed by atoms with van der Waals surface area (Å²) >= 11 is 0. The van der Waals surface area contributed by atoms with Crippen molar-refractivity contribution in [2.45, 2.75) is 38.1 Å². The van der Waals surface area contributed by atoms with Crippen LogP contribution >= 0.6 is 0 Å². The van der Waals surface area contributed by atoms with E-state index in [0.29, 0.717) is 11.3 Å². The molecule has 0 saturated heterocycles. The topological polar surface area (TPSA) is 83.6 Å². The second-order valence-electron chi connectivity index (χ2n) is 7.43. The third-order valence-corrected chi connectivity index (χ3v) is 5.32. The fourth-order valence-electron chi connectivity index (χ4n) is 3.75. The summed E-state index contributed by atoms with van der Waals surface area (Å²) in [5, 5.41) is 17.4. The van der Waals surface area contributed by atoms with Gasteiger partial charge >= 0.3 is 0 Å². The molecule has 2 heterocycles. The molecule has 1 fully saturated rings. The summed E-state index contributed by atoms with van der Waals surface area (Å²) in [5.74, 6) is -0.322. The van der Waals surface area contributed by atoms with E-state index in [2.05, 4.69) is 16.4 Å². The normalized spacial score (nSPS) is 14.8. The molecule has 2 aromatic heterocycles.